The molecule has 2 atom stereocenters. The third kappa shape index (κ3) is 5.32. The molecule has 1 aliphatic heterocycles. The standard InChI is InChI=1S/C33H29Cl2N7O2/c1-44-33-28-18(10-12-23(28)37-16-19-11-13-27(43)40-19)15-26(42-33)22-7-2-5-20(29(22)34)21-6-3-8-24(30(21)35)41-32-31-25(38-17-39-32)9-4-14-36-31/h2-9,14-15,17,19,23,37H,10-13,16H2,1H3,(H,40,43)(H,38,39,41). The second-order valence-corrected chi connectivity index (χ2v) is 11.7. The summed E-state index contributed by atoms with van der Waals surface area (Å²) in [4.78, 5) is 29.6. The Morgan fingerprint density at radius 1 is 0.955 bits per heavy atom. The van der Waals surface area contributed by atoms with Gasteiger partial charge in [0, 0.05) is 53.5 Å². The molecule has 3 N–H and O–H groups in total. The van der Waals surface area contributed by atoms with Gasteiger partial charge in [-0.2, -0.15) is 0 Å². The molecule has 11 heteroatoms. The Hall–Kier alpha value is -4.31. The fourth-order valence-corrected chi connectivity index (χ4v) is 6.70. The van der Waals surface area contributed by atoms with Crippen molar-refractivity contribution in [1.29, 1.82) is 0 Å². The number of carbonyl (C=O) groups is 1. The number of aromatic nitrogens is 4. The van der Waals surface area contributed by atoms with Gasteiger partial charge < -0.3 is 20.7 Å². The first-order valence-electron chi connectivity index (χ1n) is 14.5. The Balaban J connectivity index is 1.19. The number of methoxy groups -OCH3 is 1. The first kappa shape index (κ1) is 28.5. The number of benzene rings is 2. The van der Waals surface area contributed by atoms with Gasteiger partial charge in [-0.05, 0) is 49.1 Å². The van der Waals surface area contributed by atoms with E-state index in [0.717, 1.165) is 52.7 Å². The minimum atomic E-state index is 0.108. The van der Waals surface area contributed by atoms with E-state index in [9.17, 15) is 4.79 Å². The Labute approximate surface area is 264 Å². The molecule has 4 heterocycles. The van der Waals surface area contributed by atoms with Crippen LogP contribution in [-0.2, 0) is 11.2 Å². The normalized spacial score (nSPS) is 17.5. The lowest BCUT2D eigenvalue weighted by molar-refractivity contribution is -0.119. The van der Waals surface area contributed by atoms with E-state index in [0.29, 0.717) is 45.9 Å². The van der Waals surface area contributed by atoms with Crippen LogP contribution in [0.2, 0.25) is 10.0 Å². The summed E-state index contributed by atoms with van der Waals surface area (Å²) in [6.07, 6.45) is 6.46. The summed E-state index contributed by atoms with van der Waals surface area (Å²) in [7, 11) is 1.64. The number of amides is 1. The third-order valence-corrected chi connectivity index (χ3v) is 9.07. The number of ether oxygens (including phenoxy) is 1. The van der Waals surface area contributed by atoms with Gasteiger partial charge in [-0.15, -0.1) is 0 Å². The van der Waals surface area contributed by atoms with Crippen LogP contribution in [0.4, 0.5) is 11.5 Å². The Morgan fingerprint density at radius 3 is 2.59 bits per heavy atom. The van der Waals surface area contributed by atoms with Crippen molar-refractivity contribution in [1.82, 2.24) is 30.6 Å². The maximum Gasteiger partial charge on any atom is 0.220 e. The van der Waals surface area contributed by atoms with Crippen molar-refractivity contribution in [3.63, 3.8) is 0 Å². The van der Waals surface area contributed by atoms with Crippen LogP contribution in [0.25, 0.3) is 33.4 Å². The molecule has 0 spiro atoms. The molecular weight excluding hydrogens is 597 g/mol. The SMILES string of the molecule is COc1nc(-c2cccc(-c3cccc(Nc4ncnc5cccnc45)c3Cl)c2Cl)cc2c1C(NCC1CCC(=O)N1)CC2. The number of hydrogen-bond donors (Lipinski definition) is 3. The molecule has 1 fully saturated rings. The summed E-state index contributed by atoms with van der Waals surface area (Å²) in [6.45, 7) is 0.716. The largest absolute Gasteiger partial charge is 0.481 e. The van der Waals surface area contributed by atoms with E-state index >= 15 is 0 Å². The molecule has 7 rings (SSSR count). The molecule has 0 saturated carbocycles. The molecule has 2 unspecified atom stereocenters. The van der Waals surface area contributed by atoms with Crippen molar-refractivity contribution < 1.29 is 9.53 Å². The van der Waals surface area contributed by atoms with Crippen LogP contribution in [0, 0.1) is 0 Å². The van der Waals surface area contributed by atoms with Crippen molar-refractivity contribution in [2.45, 2.75) is 37.8 Å². The highest BCUT2D eigenvalue weighted by molar-refractivity contribution is 6.39. The molecule has 1 aliphatic carbocycles. The summed E-state index contributed by atoms with van der Waals surface area (Å²) in [6, 6.07) is 17.7. The van der Waals surface area contributed by atoms with Crippen molar-refractivity contribution in [3.05, 3.63) is 88.3 Å². The van der Waals surface area contributed by atoms with Crippen LogP contribution >= 0.6 is 23.2 Å². The van der Waals surface area contributed by atoms with Gasteiger partial charge in [0.25, 0.3) is 0 Å². The van der Waals surface area contributed by atoms with Crippen molar-refractivity contribution in [2.24, 2.45) is 0 Å². The predicted molar refractivity (Wildman–Crippen MR) is 173 cm³/mol. The fourth-order valence-electron chi connectivity index (χ4n) is 6.11. The molecule has 2 aromatic carbocycles. The van der Waals surface area contributed by atoms with Crippen molar-refractivity contribution >= 4 is 51.6 Å². The number of aryl methyl sites for hydroxylation is 1. The van der Waals surface area contributed by atoms with Crippen LogP contribution in [0.3, 0.4) is 0 Å². The molecule has 1 amide bonds. The van der Waals surface area contributed by atoms with Gasteiger partial charge >= 0.3 is 0 Å². The summed E-state index contributed by atoms with van der Waals surface area (Å²) < 4.78 is 5.81. The lowest BCUT2D eigenvalue weighted by atomic mass is 9.99. The first-order chi connectivity index (χ1) is 21.5. The van der Waals surface area contributed by atoms with Crippen LogP contribution in [-0.4, -0.2) is 45.5 Å². The topological polar surface area (TPSA) is 114 Å². The molecule has 2 aliphatic rings. The van der Waals surface area contributed by atoms with E-state index < -0.39 is 0 Å². The van der Waals surface area contributed by atoms with E-state index in [1.54, 1.807) is 13.3 Å². The van der Waals surface area contributed by atoms with E-state index in [4.69, 9.17) is 32.9 Å². The zero-order valence-electron chi connectivity index (χ0n) is 23.9. The fraction of sp³-hybridized carbons (Fsp3) is 0.242. The number of carbonyl (C=O) groups excluding carboxylic acids is 1. The Kier molecular flexibility index (Phi) is 7.76. The van der Waals surface area contributed by atoms with E-state index in [1.165, 1.54) is 11.9 Å². The number of fused-ring (bicyclic) bond motifs is 2. The highest BCUT2D eigenvalue weighted by Gasteiger charge is 2.30. The van der Waals surface area contributed by atoms with E-state index in [-0.39, 0.29) is 18.0 Å². The molecular formula is C33H29Cl2N7O2. The monoisotopic (exact) mass is 625 g/mol. The molecule has 44 heavy (non-hydrogen) atoms. The van der Waals surface area contributed by atoms with Gasteiger partial charge in [0.1, 0.15) is 11.8 Å². The van der Waals surface area contributed by atoms with Crippen LogP contribution in [0.1, 0.15) is 36.4 Å². The minimum absolute atomic E-state index is 0.108. The second kappa shape index (κ2) is 12.0. The maximum atomic E-state index is 11.6. The van der Waals surface area contributed by atoms with Gasteiger partial charge in [0.05, 0.1) is 34.1 Å². The molecule has 9 nitrogen and oxygen atoms in total. The maximum absolute atomic E-state index is 11.6. The number of pyridine rings is 2. The van der Waals surface area contributed by atoms with Gasteiger partial charge in [0.15, 0.2) is 5.82 Å². The highest BCUT2D eigenvalue weighted by atomic mass is 35.5. The van der Waals surface area contributed by atoms with Crippen molar-refractivity contribution in [2.75, 3.05) is 19.0 Å². The van der Waals surface area contributed by atoms with Crippen LogP contribution < -0.4 is 20.7 Å². The molecule has 0 bridgehead atoms. The zero-order valence-corrected chi connectivity index (χ0v) is 25.4. The molecule has 5 aromatic rings. The third-order valence-electron chi connectivity index (χ3n) is 8.26. The lowest BCUT2D eigenvalue weighted by Crippen LogP contribution is -2.36. The number of nitrogens with zero attached hydrogens (tertiary/aromatic N) is 4. The smallest absolute Gasteiger partial charge is 0.220 e. The minimum Gasteiger partial charge on any atom is -0.481 e. The van der Waals surface area contributed by atoms with Crippen molar-refractivity contribution in [3.8, 4) is 28.3 Å². The summed E-state index contributed by atoms with van der Waals surface area (Å²) in [5, 5.41) is 11.0. The Bertz CT molecular complexity index is 1900. The average molecular weight is 627 g/mol. The lowest BCUT2D eigenvalue weighted by Gasteiger charge is -2.20. The van der Waals surface area contributed by atoms with Gasteiger partial charge in [-0.1, -0.05) is 53.5 Å². The number of hydrogen-bond acceptors (Lipinski definition) is 8. The summed E-state index contributed by atoms with van der Waals surface area (Å²) >= 11 is 14.1. The van der Waals surface area contributed by atoms with Gasteiger partial charge in [-0.25, -0.2) is 15.0 Å². The second-order valence-electron chi connectivity index (χ2n) is 10.9. The number of nitrogens with one attached hydrogen (secondary N) is 3. The number of anilines is 2. The average Bonchev–Trinajstić information content (AvgIpc) is 3.66. The number of rotatable bonds is 8. The summed E-state index contributed by atoms with van der Waals surface area (Å²) in [5.41, 5.74) is 7.37. The zero-order chi connectivity index (χ0) is 30.2. The molecule has 222 valence electrons. The van der Waals surface area contributed by atoms with E-state index in [1.807, 2.05) is 48.5 Å². The molecule has 3 aromatic heterocycles. The molecule has 1 saturated heterocycles. The first-order valence-corrected chi connectivity index (χ1v) is 15.3. The number of halogens is 2. The van der Waals surface area contributed by atoms with Gasteiger partial charge in [0.2, 0.25) is 11.8 Å². The highest BCUT2D eigenvalue weighted by Crippen LogP contribution is 2.44. The quantitative estimate of drug-likeness (QED) is 0.175. The predicted octanol–water partition coefficient (Wildman–Crippen LogP) is 6.67. The Morgan fingerprint density at radius 2 is 1.77 bits per heavy atom. The van der Waals surface area contributed by atoms with E-state index in [2.05, 4.69) is 37.0 Å². The van der Waals surface area contributed by atoms with Crippen LogP contribution in [0.5, 0.6) is 5.88 Å². The molecule has 0 radical (unpaired) electrons. The van der Waals surface area contributed by atoms with Crippen LogP contribution in [0.15, 0.2) is 67.1 Å². The van der Waals surface area contributed by atoms with Gasteiger partial charge in [-0.3, -0.25) is 9.78 Å². The summed E-state index contributed by atoms with van der Waals surface area (Å²) in [5.74, 6) is 1.26.